The molecular formula is C21H26N4O3. The van der Waals surface area contributed by atoms with Crippen molar-refractivity contribution in [2.45, 2.75) is 57.4 Å². The summed E-state index contributed by atoms with van der Waals surface area (Å²) in [6, 6.07) is 3.17. The Hall–Kier alpha value is -2.44. The summed E-state index contributed by atoms with van der Waals surface area (Å²) in [6.07, 6.45) is 11.7. The maximum atomic E-state index is 11.3. The summed E-state index contributed by atoms with van der Waals surface area (Å²) in [5.41, 5.74) is 1.30. The van der Waals surface area contributed by atoms with Gasteiger partial charge in [0.15, 0.2) is 5.82 Å². The van der Waals surface area contributed by atoms with Crippen molar-refractivity contribution in [3.05, 3.63) is 41.8 Å². The first-order chi connectivity index (χ1) is 13.6. The second kappa shape index (κ2) is 6.87. The fourth-order valence-electron chi connectivity index (χ4n) is 6.43. The van der Waals surface area contributed by atoms with Crippen LogP contribution in [-0.2, 0) is 12.8 Å². The van der Waals surface area contributed by atoms with E-state index in [2.05, 4.69) is 20.4 Å². The van der Waals surface area contributed by atoms with E-state index in [0.29, 0.717) is 17.7 Å². The summed E-state index contributed by atoms with van der Waals surface area (Å²) in [5.74, 6) is 3.71. The van der Waals surface area contributed by atoms with Crippen molar-refractivity contribution >= 4 is 6.09 Å². The third-order valence-corrected chi connectivity index (χ3v) is 6.97. The normalized spacial score (nSPS) is 31.6. The standard InChI is InChI=1S/C21H26N4O3/c26-20(27)23-17(8-13-1-3-22-4-2-13)19-24-18(25-28-19)12-21-9-14-5-15(10-21)7-16(6-14)11-21/h1-4,14-17,23H,5-12H2,(H,26,27)/t14?,15?,16?,17-,21?/m0/s1. The summed E-state index contributed by atoms with van der Waals surface area (Å²) in [4.78, 5) is 19.9. The van der Waals surface area contributed by atoms with Crippen LogP contribution in [0.1, 0.15) is 61.8 Å². The lowest BCUT2D eigenvalue weighted by molar-refractivity contribution is -0.0533. The van der Waals surface area contributed by atoms with Gasteiger partial charge in [0, 0.05) is 25.2 Å². The molecule has 0 unspecified atom stereocenters. The third-order valence-electron chi connectivity index (χ3n) is 6.97. The molecule has 4 fully saturated rings. The molecule has 2 aromatic rings. The number of pyridine rings is 1. The molecule has 7 heteroatoms. The van der Waals surface area contributed by atoms with Crippen molar-refractivity contribution in [2.75, 3.05) is 0 Å². The summed E-state index contributed by atoms with van der Waals surface area (Å²) in [7, 11) is 0. The first kappa shape index (κ1) is 17.6. The second-order valence-corrected chi connectivity index (χ2v) is 9.20. The minimum atomic E-state index is -1.10. The first-order valence-electron chi connectivity index (χ1n) is 10.3. The minimum Gasteiger partial charge on any atom is -0.465 e. The molecule has 2 N–H and O–H groups in total. The predicted molar refractivity (Wildman–Crippen MR) is 100 cm³/mol. The zero-order valence-electron chi connectivity index (χ0n) is 15.9. The number of hydrogen-bond acceptors (Lipinski definition) is 5. The molecule has 4 bridgehead atoms. The quantitative estimate of drug-likeness (QED) is 0.788. The molecule has 0 spiro atoms. The van der Waals surface area contributed by atoms with Gasteiger partial charge >= 0.3 is 6.09 Å². The summed E-state index contributed by atoms with van der Waals surface area (Å²) in [6.45, 7) is 0. The molecule has 148 valence electrons. The molecule has 4 aliphatic carbocycles. The van der Waals surface area contributed by atoms with Gasteiger partial charge in [-0.1, -0.05) is 5.16 Å². The highest BCUT2D eigenvalue weighted by Gasteiger charge is 2.51. The van der Waals surface area contributed by atoms with Crippen LogP contribution in [0.25, 0.3) is 0 Å². The Morgan fingerprint density at radius 2 is 1.82 bits per heavy atom. The summed E-state index contributed by atoms with van der Waals surface area (Å²) in [5, 5.41) is 16.0. The fraction of sp³-hybridized carbons (Fsp3) is 0.619. The average Bonchev–Trinajstić information content (AvgIpc) is 3.08. The van der Waals surface area contributed by atoms with Crippen LogP contribution in [0.2, 0.25) is 0 Å². The number of rotatable bonds is 6. The molecule has 0 saturated heterocycles. The van der Waals surface area contributed by atoms with Gasteiger partial charge in [-0.05, 0) is 79.4 Å². The Morgan fingerprint density at radius 1 is 1.18 bits per heavy atom. The molecule has 0 aliphatic heterocycles. The fourth-order valence-corrected chi connectivity index (χ4v) is 6.43. The molecular weight excluding hydrogens is 356 g/mol. The number of nitrogens with one attached hydrogen (secondary N) is 1. The van der Waals surface area contributed by atoms with E-state index in [0.717, 1.165) is 35.6 Å². The SMILES string of the molecule is O=C(O)N[C@@H](Cc1ccncc1)c1nc(CC23CC4CC(CC(C4)C2)C3)no1. The predicted octanol–water partition coefficient (Wildman–Crippen LogP) is 3.77. The molecule has 4 saturated carbocycles. The molecule has 28 heavy (non-hydrogen) atoms. The maximum Gasteiger partial charge on any atom is 0.405 e. The number of carboxylic acid groups (broad SMARTS) is 1. The number of amides is 1. The van der Waals surface area contributed by atoms with Crippen molar-refractivity contribution in [2.24, 2.45) is 23.2 Å². The van der Waals surface area contributed by atoms with Gasteiger partial charge in [-0.3, -0.25) is 4.98 Å². The van der Waals surface area contributed by atoms with Crippen LogP contribution < -0.4 is 5.32 Å². The Kier molecular flexibility index (Phi) is 4.33. The molecule has 4 aliphatic rings. The van der Waals surface area contributed by atoms with E-state index in [9.17, 15) is 9.90 Å². The maximum absolute atomic E-state index is 11.3. The molecule has 0 aromatic carbocycles. The van der Waals surface area contributed by atoms with Gasteiger partial charge in [-0.15, -0.1) is 0 Å². The molecule has 1 amide bonds. The van der Waals surface area contributed by atoms with E-state index in [1.54, 1.807) is 12.4 Å². The smallest absolute Gasteiger partial charge is 0.405 e. The largest absolute Gasteiger partial charge is 0.465 e. The van der Waals surface area contributed by atoms with Crippen LogP contribution in [0, 0.1) is 23.2 Å². The second-order valence-electron chi connectivity index (χ2n) is 9.20. The molecule has 2 heterocycles. The zero-order valence-corrected chi connectivity index (χ0v) is 15.9. The third kappa shape index (κ3) is 3.50. The van der Waals surface area contributed by atoms with Crippen LogP contribution in [0.5, 0.6) is 0 Å². The molecule has 7 nitrogen and oxygen atoms in total. The van der Waals surface area contributed by atoms with Gasteiger partial charge in [0.05, 0.1) is 0 Å². The van der Waals surface area contributed by atoms with Crippen molar-refractivity contribution in [3.8, 4) is 0 Å². The molecule has 1 atom stereocenters. The monoisotopic (exact) mass is 382 g/mol. The van der Waals surface area contributed by atoms with Crippen molar-refractivity contribution in [3.63, 3.8) is 0 Å². The van der Waals surface area contributed by atoms with Crippen molar-refractivity contribution in [1.29, 1.82) is 0 Å². The molecule has 0 radical (unpaired) electrons. The van der Waals surface area contributed by atoms with Crippen LogP contribution in [0.15, 0.2) is 29.0 Å². The van der Waals surface area contributed by atoms with Gasteiger partial charge in [0.1, 0.15) is 6.04 Å². The van der Waals surface area contributed by atoms with E-state index in [1.807, 2.05) is 12.1 Å². The van der Waals surface area contributed by atoms with E-state index in [1.165, 1.54) is 38.5 Å². The minimum absolute atomic E-state index is 0.330. The highest BCUT2D eigenvalue weighted by atomic mass is 16.5. The zero-order chi connectivity index (χ0) is 19.1. The van der Waals surface area contributed by atoms with Gasteiger partial charge in [-0.25, -0.2) is 4.79 Å². The Balaban J connectivity index is 1.33. The van der Waals surface area contributed by atoms with Crippen LogP contribution in [0.3, 0.4) is 0 Å². The molecule has 6 rings (SSSR count). The van der Waals surface area contributed by atoms with E-state index in [4.69, 9.17) is 4.52 Å². The van der Waals surface area contributed by atoms with Gasteiger partial charge in [0.2, 0.25) is 5.89 Å². The molecule has 2 aromatic heterocycles. The van der Waals surface area contributed by atoms with Gasteiger partial charge in [0.25, 0.3) is 0 Å². The number of aromatic nitrogens is 3. The highest BCUT2D eigenvalue weighted by molar-refractivity contribution is 5.65. The van der Waals surface area contributed by atoms with Crippen molar-refractivity contribution in [1.82, 2.24) is 20.4 Å². The summed E-state index contributed by atoms with van der Waals surface area (Å²) < 4.78 is 5.51. The number of carbonyl (C=O) groups is 1. The Bertz CT molecular complexity index is 815. The topological polar surface area (TPSA) is 101 Å². The number of nitrogens with zero attached hydrogens (tertiary/aromatic N) is 3. The lowest BCUT2D eigenvalue weighted by Crippen LogP contribution is -2.47. The van der Waals surface area contributed by atoms with E-state index < -0.39 is 12.1 Å². The van der Waals surface area contributed by atoms with E-state index >= 15 is 0 Å². The van der Waals surface area contributed by atoms with Crippen LogP contribution in [-0.4, -0.2) is 26.3 Å². The average molecular weight is 382 g/mol. The van der Waals surface area contributed by atoms with E-state index in [-0.39, 0.29) is 0 Å². The number of hydrogen-bond donors (Lipinski definition) is 2. The van der Waals surface area contributed by atoms with Crippen LogP contribution >= 0.6 is 0 Å². The summed E-state index contributed by atoms with van der Waals surface area (Å²) >= 11 is 0. The van der Waals surface area contributed by atoms with Gasteiger partial charge in [-0.2, -0.15) is 4.98 Å². The van der Waals surface area contributed by atoms with Gasteiger partial charge < -0.3 is 14.9 Å². The first-order valence-corrected chi connectivity index (χ1v) is 10.3. The Morgan fingerprint density at radius 3 is 2.43 bits per heavy atom. The van der Waals surface area contributed by atoms with Crippen molar-refractivity contribution < 1.29 is 14.4 Å². The van der Waals surface area contributed by atoms with Crippen LogP contribution in [0.4, 0.5) is 4.79 Å². The highest BCUT2D eigenvalue weighted by Crippen LogP contribution is 2.60. The lowest BCUT2D eigenvalue weighted by Gasteiger charge is -2.56. The Labute approximate surface area is 163 Å². The lowest BCUT2D eigenvalue weighted by atomic mass is 9.49.